The van der Waals surface area contributed by atoms with Gasteiger partial charge in [-0.25, -0.2) is 4.72 Å². The zero-order valence-corrected chi connectivity index (χ0v) is 11.0. The Labute approximate surface area is 109 Å². The van der Waals surface area contributed by atoms with Gasteiger partial charge >= 0.3 is 0 Å². The SMILES string of the molecule is Clc1cc2c(cc1Cl)N(CC1CC1)CNS2. The van der Waals surface area contributed by atoms with Gasteiger partial charge in [-0.15, -0.1) is 0 Å². The summed E-state index contributed by atoms with van der Waals surface area (Å²) in [5, 5.41) is 1.27. The highest BCUT2D eigenvalue weighted by Crippen LogP contribution is 2.40. The minimum Gasteiger partial charge on any atom is -0.357 e. The quantitative estimate of drug-likeness (QED) is 0.827. The molecule has 3 rings (SSSR count). The summed E-state index contributed by atoms with van der Waals surface area (Å²) in [6.07, 6.45) is 2.72. The van der Waals surface area contributed by atoms with Gasteiger partial charge in [0.05, 0.1) is 22.4 Å². The van der Waals surface area contributed by atoms with Crippen molar-refractivity contribution in [3.05, 3.63) is 22.2 Å². The van der Waals surface area contributed by atoms with Crippen LogP contribution in [0.1, 0.15) is 12.8 Å². The van der Waals surface area contributed by atoms with Crippen molar-refractivity contribution < 1.29 is 0 Å². The minimum absolute atomic E-state index is 0.628. The number of halogens is 2. The standard InChI is InChI=1S/C11H12Cl2N2S/c12-8-3-10-11(4-9(8)13)16-14-6-15(10)5-7-1-2-7/h3-4,7,14H,1-2,5-6H2. The van der Waals surface area contributed by atoms with Gasteiger partial charge in [-0.05, 0) is 42.8 Å². The molecule has 0 spiro atoms. The third-order valence-corrected chi connectivity index (χ3v) is 4.50. The van der Waals surface area contributed by atoms with E-state index >= 15 is 0 Å². The molecule has 1 N–H and O–H groups in total. The molecule has 1 aromatic carbocycles. The Morgan fingerprint density at radius 2 is 2.06 bits per heavy atom. The average Bonchev–Trinajstić information content (AvgIpc) is 3.05. The van der Waals surface area contributed by atoms with Crippen LogP contribution in [0.2, 0.25) is 10.0 Å². The highest BCUT2D eigenvalue weighted by atomic mass is 35.5. The maximum Gasteiger partial charge on any atom is 0.0778 e. The van der Waals surface area contributed by atoms with E-state index in [2.05, 4.69) is 9.62 Å². The zero-order valence-electron chi connectivity index (χ0n) is 8.67. The fraction of sp³-hybridized carbons (Fsp3) is 0.455. The van der Waals surface area contributed by atoms with Crippen LogP contribution in [0, 0.1) is 5.92 Å². The number of fused-ring (bicyclic) bond motifs is 1. The fourth-order valence-electron chi connectivity index (χ4n) is 1.90. The van der Waals surface area contributed by atoms with Gasteiger partial charge in [-0.2, -0.15) is 0 Å². The summed E-state index contributed by atoms with van der Waals surface area (Å²) < 4.78 is 3.31. The number of hydrogen-bond donors (Lipinski definition) is 1. The molecule has 1 heterocycles. The van der Waals surface area contributed by atoms with Crippen LogP contribution in [-0.4, -0.2) is 13.2 Å². The summed E-state index contributed by atoms with van der Waals surface area (Å²) in [5.41, 5.74) is 1.21. The monoisotopic (exact) mass is 274 g/mol. The van der Waals surface area contributed by atoms with E-state index in [4.69, 9.17) is 23.2 Å². The topological polar surface area (TPSA) is 15.3 Å². The summed E-state index contributed by atoms with van der Waals surface area (Å²) in [6, 6.07) is 3.92. The number of nitrogens with one attached hydrogen (secondary N) is 1. The van der Waals surface area contributed by atoms with Gasteiger partial charge in [0.2, 0.25) is 0 Å². The van der Waals surface area contributed by atoms with Crippen molar-refractivity contribution in [3.63, 3.8) is 0 Å². The molecule has 2 aliphatic rings. The lowest BCUT2D eigenvalue weighted by Crippen LogP contribution is -2.36. The summed E-state index contributed by atoms with van der Waals surface area (Å²) in [6.45, 7) is 2.00. The van der Waals surface area contributed by atoms with E-state index in [0.717, 1.165) is 19.1 Å². The predicted octanol–water partition coefficient (Wildman–Crippen LogP) is 3.78. The van der Waals surface area contributed by atoms with Crippen molar-refractivity contribution >= 4 is 40.8 Å². The van der Waals surface area contributed by atoms with E-state index in [9.17, 15) is 0 Å². The maximum atomic E-state index is 6.07. The number of rotatable bonds is 2. The van der Waals surface area contributed by atoms with Crippen LogP contribution in [0.4, 0.5) is 5.69 Å². The van der Waals surface area contributed by atoms with Gasteiger partial charge in [-0.1, -0.05) is 23.2 Å². The van der Waals surface area contributed by atoms with Crippen molar-refractivity contribution in [3.8, 4) is 0 Å². The van der Waals surface area contributed by atoms with Crippen molar-refractivity contribution in [2.75, 3.05) is 18.1 Å². The van der Waals surface area contributed by atoms with Crippen LogP contribution in [0.15, 0.2) is 17.0 Å². The lowest BCUT2D eigenvalue weighted by Gasteiger charge is -2.31. The summed E-state index contributed by atoms with van der Waals surface area (Å²) in [4.78, 5) is 3.52. The number of benzene rings is 1. The lowest BCUT2D eigenvalue weighted by atomic mass is 10.2. The molecule has 0 amide bonds. The highest BCUT2D eigenvalue weighted by molar-refractivity contribution is 7.97. The second-order valence-corrected chi connectivity index (χ2v) is 6.05. The Bertz CT molecular complexity index is 421. The second kappa shape index (κ2) is 4.30. The number of anilines is 1. The molecule has 1 fully saturated rings. The van der Waals surface area contributed by atoms with Crippen LogP contribution in [0.3, 0.4) is 0 Å². The first-order valence-corrected chi connectivity index (χ1v) is 6.95. The lowest BCUT2D eigenvalue weighted by molar-refractivity contribution is 0.700. The van der Waals surface area contributed by atoms with Gasteiger partial charge in [0.15, 0.2) is 0 Å². The van der Waals surface area contributed by atoms with E-state index < -0.39 is 0 Å². The van der Waals surface area contributed by atoms with E-state index in [1.54, 1.807) is 11.9 Å². The Kier molecular flexibility index (Phi) is 2.96. The first kappa shape index (κ1) is 11.0. The molecule has 1 aliphatic carbocycles. The smallest absolute Gasteiger partial charge is 0.0778 e. The van der Waals surface area contributed by atoms with E-state index in [0.29, 0.717) is 10.0 Å². The molecule has 5 heteroatoms. The summed E-state index contributed by atoms with van der Waals surface area (Å²) in [7, 11) is 0. The fourth-order valence-corrected chi connectivity index (χ4v) is 3.13. The molecule has 0 saturated heterocycles. The van der Waals surface area contributed by atoms with Crippen LogP contribution >= 0.6 is 35.1 Å². The first-order valence-electron chi connectivity index (χ1n) is 5.38. The number of nitrogens with zero attached hydrogens (tertiary/aromatic N) is 1. The third-order valence-electron chi connectivity index (χ3n) is 2.96. The molecule has 0 unspecified atom stereocenters. The normalized spacial score (nSPS) is 19.8. The molecule has 1 aromatic rings. The molecule has 2 nitrogen and oxygen atoms in total. The third kappa shape index (κ3) is 2.14. The molecule has 0 bridgehead atoms. The first-order chi connectivity index (χ1) is 7.74. The van der Waals surface area contributed by atoms with Crippen molar-refractivity contribution in [1.82, 2.24) is 4.72 Å². The Morgan fingerprint density at radius 3 is 2.81 bits per heavy atom. The number of hydrogen-bond acceptors (Lipinski definition) is 3. The predicted molar refractivity (Wildman–Crippen MR) is 70.4 cm³/mol. The molecule has 0 atom stereocenters. The minimum atomic E-state index is 0.628. The van der Waals surface area contributed by atoms with Gasteiger partial charge in [0, 0.05) is 11.4 Å². The molecular formula is C11H12Cl2N2S. The van der Waals surface area contributed by atoms with Gasteiger partial charge in [0.1, 0.15) is 0 Å². The van der Waals surface area contributed by atoms with Crippen LogP contribution in [0.5, 0.6) is 0 Å². The van der Waals surface area contributed by atoms with Crippen LogP contribution < -0.4 is 9.62 Å². The summed E-state index contributed by atoms with van der Waals surface area (Å²) >= 11 is 13.7. The molecule has 16 heavy (non-hydrogen) atoms. The van der Waals surface area contributed by atoms with Crippen molar-refractivity contribution in [2.45, 2.75) is 17.7 Å². The van der Waals surface area contributed by atoms with Crippen LogP contribution in [0.25, 0.3) is 0 Å². The molecule has 0 radical (unpaired) electrons. The van der Waals surface area contributed by atoms with Gasteiger partial charge in [-0.3, -0.25) is 0 Å². The molecule has 1 aliphatic heterocycles. The van der Waals surface area contributed by atoms with E-state index in [1.807, 2.05) is 12.1 Å². The van der Waals surface area contributed by atoms with E-state index in [1.165, 1.54) is 23.4 Å². The summed E-state index contributed by atoms with van der Waals surface area (Å²) in [5.74, 6) is 0.868. The van der Waals surface area contributed by atoms with Gasteiger partial charge in [0.25, 0.3) is 0 Å². The zero-order chi connectivity index (χ0) is 11.1. The molecule has 1 saturated carbocycles. The van der Waals surface area contributed by atoms with Crippen molar-refractivity contribution in [2.24, 2.45) is 5.92 Å². The highest BCUT2D eigenvalue weighted by Gasteiger charge is 2.27. The Balaban J connectivity index is 1.93. The second-order valence-electron chi connectivity index (χ2n) is 4.30. The van der Waals surface area contributed by atoms with E-state index in [-0.39, 0.29) is 0 Å². The van der Waals surface area contributed by atoms with Gasteiger partial charge < -0.3 is 4.90 Å². The van der Waals surface area contributed by atoms with Crippen molar-refractivity contribution in [1.29, 1.82) is 0 Å². The Hall–Kier alpha value is -0.0900. The average molecular weight is 275 g/mol. The largest absolute Gasteiger partial charge is 0.357 e. The molecular weight excluding hydrogens is 263 g/mol. The molecule has 86 valence electrons. The maximum absolute atomic E-state index is 6.07. The van der Waals surface area contributed by atoms with Crippen LogP contribution in [-0.2, 0) is 0 Å². The Morgan fingerprint density at radius 1 is 1.31 bits per heavy atom. The molecule has 0 aromatic heterocycles.